The van der Waals surface area contributed by atoms with Crippen LogP contribution in [0, 0.1) is 0 Å². The summed E-state index contributed by atoms with van der Waals surface area (Å²) in [5.41, 5.74) is 1.14. The van der Waals surface area contributed by atoms with E-state index < -0.39 is 0 Å². The highest BCUT2D eigenvalue weighted by atomic mass is 16.5. The molecule has 1 spiro atoms. The lowest BCUT2D eigenvalue weighted by molar-refractivity contribution is -0.159. The number of likely N-dealkylation sites (N-methyl/N-ethyl adjacent to an activating group) is 1. The Morgan fingerprint density at radius 3 is 2.52 bits per heavy atom. The van der Waals surface area contributed by atoms with E-state index in [1.54, 1.807) is 0 Å². The Hall–Kier alpha value is -2.37. The van der Waals surface area contributed by atoms with Crippen LogP contribution in [0.2, 0.25) is 0 Å². The van der Waals surface area contributed by atoms with Gasteiger partial charge in [0.2, 0.25) is 0 Å². The van der Waals surface area contributed by atoms with Crippen molar-refractivity contribution in [2.75, 3.05) is 33.4 Å². The summed E-state index contributed by atoms with van der Waals surface area (Å²) in [5, 5.41) is 0. The summed E-state index contributed by atoms with van der Waals surface area (Å²) in [4.78, 5) is 16.5. The van der Waals surface area contributed by atoms with E-state index >= 15 is 0 Å². The standard InChI is InChI=1S/C22H26N2O3/c1-23(13-18-8-4-2-5-9-18)19-12-22(27-14-19)16-24(17-22)21(25)15-26-20-10-6-3-7-11-20/h2-11,19H,12-17H2,1H3. The van der Waals surface area contributed by atoms with Crippen LogP contribution in [0.5, 0.6) is 5.75 Å². The molecule has 1 unspecified atom stereocenters. The number of carbonyl (C=O) groups is 1. The SMILES string of the molecule is CN(Cc1ccccc1)C1COC2(C1)CN(C(=O)COc1ccccc1)C2. The molecule has 2 aromatic carbocycles. The molecule has 4 rings (SSSR count). The van der Waals surface area contributed by atoms with Gasteiger partial charge in [0, 0.05) is 12.6 Å². The number of ether oxygens (including phenoxy) is 2. The van der Waals surface area contributed by atoms with Gasteiger partial charge in [-0.05, 0) is 31.2 Å². The summed E-state index contributed by atoms with van der Waals surface area (Å²) in [7, 11) is 2.15. The number of benzene rings is 2. The van der Waals surface area contributed by atoms with Crippen molar-refractivity contribution in [1.29, 1.82) is 0 Å². The van der Waals surface area contributed by atoms with Crippen LogP contribution in [0.4, 0.5) is 0 Å². The maximum atomic E-state index is 12.3. The molecule has 0 saturated carbocycles. The number of rotatable bonds is 6. The van der Waals surface area contributed by atoms with Gasteiger partial charge < -0.3 is 14.4 Å². The van der Waals surface area contributed by atoms with Crippen molar-refractivity contribution in [1.82, 2.24) is 9.80 Å². The molecule has 1 atom stereocenters. The minimum Gasteiger partial charge on any atom is -0.484 e. The van der Waals surface area contributed by atoms with Crippen molar-refractivity contribution in [2.24, 2.45) is 0 Å². The van der Waals surface area contributed by atoms with Crippen LogP contribution in [0.3, 0.4) is 0 Å². The molecule has 27 heavy (non-hydrogen) atoms. The molecule has 142 valence electrons. The molecule has 2 aromatic rings. The Labute approximate surface area is 160 Å². The Bertz CT molecular complexity index is 760. The van der Waals surface area contributed by atoms with E-state index in [9.17, 15) is 4.79 Å². The van der Waals surface area contributed by atoms with E-state index in [-0.39, 0.29) is 18.1 Å². The van der Waals surface area contributed by atoms with E-state index in [2.05, 4.69) is 36.2 Å². The van der Waals surface area contributed by atoms with Crippen LogP contribution in [0.15, 0.2) is 60.7 Å². The average molecular weight is 366 g/mol. The number of hydrogen-bond acceptors (Lipinski definition) is 4. The molecule has 0 aliphatic carbocycles. The van der Waals surface area contributed by atoms with Crippen LogP contribution in [-0.2, 0) is 16.1 Å². The van der Waals surface area contributed by atoms with Crippen LogP contribution in [0.1, 0.15) is 12.0 Å². The second kappa shape index (κ2) is 7.71. The number of hydrogen-bond donors (Lipinski definition) is 0. The molecule has 5 heteroatoms. The Kier molecular flexibility index (Phi) is 5.14. The molecule has 0 N–H and O–H groups in total. The molecule has 1 amide bonds. The van der Waals surface area contributed by atoms with Crippen molar-refractivity contribution >= 4 is 5.91 Å². The summed E-state index contributed by atoms with van der Waals surface area (Å²) in [5.74, 6) is 0.745. The maximum Gasteiger partial charge on any atom is 0.260 e. The normalized spacial score (nSPS) is 20.7. The Balaban J connectivity index is 1.23. The molecular formula is C22H26N2O3. The molecular weight excluding hydrogens is 340 g/mol. The lowest BCUT2D eigenvalue weighted by Gasteiger charge is -2.47. The molecule has 0 bridgehead atoms. The molecule has 0 aromatic heterocycles. The van der Waals surface area contributed by atoms with Crippen molar-refractivity contribution in [2.45, 2.75) is 24.6 Å². The minimum absolute atomic E-state index is 0.0224. The average Bonchev–Trinajstić information content (AvgIpc) is 3.13. The van der Waals surface area contributed by atoms with E-state index in [0.717, 1.165) is 25.3 Å². The summed E-state index contributed by atoms with van der Waals surface area (Å²) < 4.78 is 11.7. The number of likely N-dealkylation sites (tertiary alicyclic amines) is 1. The zero-order valence-corrected chi connectivity index (χ0v) is 15.7. The fraction of sp³-hybridized carbons (Fsp3) is 0.409. The van der Waals surface area contributed by atoms with Gasteiger partial charge in [0.15, 0.2) is 6.61 Å². The maximum absolute atomic E-state index is 12.3. The highest BCUT2D eigenvalue weighted by molar-refractivity contribution is 5.79. The Morgan fingerprint density at radius 2 is 1.81 bits per heavy atom. The van der Waals surface area contributed by atoms with Gasteiger partial charge >= 0.3 is 0 Å². The third kappa shape index (κ3) is 4.15. The lowest BCUT2D eigenvalue weighted by Crippen LogP contribution is -2.64. The van der Waals surface area contributed by atoms with Gasteiger partial charge in [-0.2, -0.15) is 0 Å². The van der Waals surface area contributed by atoms with Gasteiger partial charge in [0.05, 0.1) is 19.7 Å². The zero-order chi connectivity index (χ0) is 18.7. The summed E-state index contributed by atoms with van der Waals surface area (Å²) in [6.07, 6.45) is 0.972. The van der Waals surface area contributed by atoms with Crippen molar-refractivity contribution in [3.05, 3.63) is 66.2 Å². The monoisotopic (exact) mass is 366 g/mol. The van der Waals surface area contributed by atoms with Gasteiger partial charge in [-0.1, -0.05) is 48.5 Å². The highest BCUT2D eigenvalue weighted by Crippen LogP contribution is 2.37. The van der Waals surface area contributed by atoms with Gasteiger partial charge in [0.1, 0.15) is 11.4 Å². The number of para-hydroxylation sites is 1. The molecule has 0 radical (unpaired) electrons. The topological polar surface area (TPSA) is 42.0 Å². The third-order valence-corrected chi connectivity index (χ3v) is 5.50. The Morgan fingerprint density at radius 1 is 1.15 bits per heavy atom. The van der Waals surface area contributed by atoms with E-state index in [4.69, 9.17) is 9.47 Å². The summed E-state index contributed by atoms with van der Waals surface area (Å²) >= 11 is 0. The third-order valence-electron chi connectivity index (χ3n) is 5.50. The number of nitrogens with zero attached hydrogens (tertiary/aromatic N) is 2. The van der Waals surface area contributed by atoms with Gasteiger partial charge in [-0.15, -0.1) is 0 Å². The molecule has 2 fully saturated rings. The summed E-state index contributed by atoms with van der Waals surface area (Å²) in [6, 6.07) is 20.3. The first-order valence-electron chi connectivity index (χ1n) is 9.47. The highest BCUT2D eigenvalue weighted by Gasteiger charge is 2.51. The molecule has 2 saturated heterocycles. The minimum atomic E-state index is -0.169. The van der Waals surface area contributed by atoms with Crippen molar-refractivity contribution < 1.29 is 14.3 Å². The van der Waals surface area contributed by atoms with Crippen LogP contribution >= 0.6 is 0 Å². The van der Waals surface area contributed by atoms with E-state index in [1.807, 2.05) is 41.3 Å². The zero-order valence-electron chi connectivity index (χ0n) is 15.7. The van der Waals surface area contributed by atoms with Crippen LogP contribution in [-0.4, -0.2) is 60.7 Å². The van der Waals surface area contributed by atoms with E-state index in [1.165, 1.54) is 5.56 Å². The van der Waals surface area contributed by atoms with Gasteiger partial charge in [-0.3, -0.25) is 9.69 Å². The van der Waals surface area contributed by atoms with Gasteiger partial charge in [-0.25, -0.2) is 0 Å². The van der Waals surface area contributed by atoms with Crippen LogP contribution < -0.4 is 4.74 Å². The second-order valence-electron chi connectivity index (χ2n) is 7.60. The number of carbonyl (C=O) groups excluding carboxylic acids is 1. The smallest absolute Gasteiger partial charge is 0.260 e. The first-order valence-corrected chi connectivity index (χ1v) is 9.47. The fourth-order valence-corrected chi connectivity index (χ4v) is 3.90. The summed E-state index contributed by atoms with van der Waals surface area (Å²) in [6.45, 7) is 3.06. The lowest BCUT2D eigenvalue weighted by atomic mass is 9.89. The first-order chi connectivity index (χ1) is 13.1. The largest absolute Gasteiger partial charge is 0.484 e. The number of amides is 1. The molecule has 5 nitrogen and oxygen atoms in total. The molecule has 2 heterocycles. The molecule has 2 aliphatic rings. The van der Waals surface area contributed by atoms with Crippen molar-refractivity contribution in [3.63, 3.8) is 0 Å². The predicted molar refractivity (Wildman–Crippen MR) is 104 cm³/mol. The van der Waals surface area contributed by atoms with E-state index in [0.29, 0.717) is 19.1 Å². The van der Waals surface area contributed by atoms with Crippen LogP contribution in [0.25, 0.3) is 0 Å². The second-order valence-corrected chi connectivity index (χ2v) is 7.60. The predicted octanol–water partition coefficient (Wildman–Crippen LogP) is 2.57. The first kappa shape index (κ1) is 18.0. The fourth-order valence-electron chi connectivity index (χ4n) is 3.90. The van der Waals surface area contributed by atoms with Gasteiger partial charge in [0.25, 0.3) is 5.91 Å². The molecule has 2 aliphatic heterocycles. The quantitative estimate of drug-likeness (QED) is 0.788. The van der Waals surface area contributed by atoms with Crippen molar-refractivity contribution in [3.8, 4) is 5.75 Å².